The molecule has 0 radical (unpaired) electrons. The lowest BCUT2D eigenvalue weighted by molar-refractivity contribution is -0.118. The Hall–Kier alpha value is -1.19. The zero-order valence-corrected chi connectivity index (χ0v) is 9.99. The van der Waals surface area contributed by atoms with E-state index in [2.05, 4.69) is 12.1 Å². The third kappa shape index (κ3) is 8.15. The number of rotatable bonds is 5. The second kappa shape index (κ2) is 10.3. The van der Waals surface area contributed by atoms with Crippen molar-refractivity contribution in [2.45, 2.75) is 26.2 Å². The fourth-order valence-electron chi connectivity index (χ4n) is 1.11. The van der Waals surface area contributed by atoms with E-state index in [1.54, 1.807) is 0 Å². The molecule has 3 heteroatoms. The third-order valence-electron chi connectivity index (χ3n) is 2.10. The molecule has 0 aliphatic heterocycles. The van der Waals surface area contributed by atoms with Crippen molar-refractivity contribution in [2.75, 3.05) is 13.1 Å². The first kappa shape index (κ1) is 14.8. The zero-order chi connectivity index (χ0) is 12.2. The van der Waals surface area contributed by atoms with E-state index in [1.807, 2.05) is 25.1 Å². The van der Waals surface area contributed by atoms with Crippen molar-refractivity contribution in [3.63, 3.8) is 0 Å². The lowest BCUT2D eigenvalue weighted by atomic mass is 10.1. The lowest BCUT2D eigenvalue weighted by Crippen LogP contribution is -2.11. The first-order valence-corrected chi connectivity index (χ1v) is 5.70. The summed E-state index contributed by atoms with van der Waals surface area (Å²) in [5.74, 6) is 0.346. The number of benzene rings is 1. The monoisotopic (exact) mass is 222 g/mol. The number of hydrogen-bond acceptors (Lipinski definition) is 3. The van der Waals surface area contributed by atoms with Gasteiger partial charge in [-0.15, -0.1) is 0 Å². The van der Waals surface area contributed by atoms with Gasteiger partial charge in [-0.1, -0.05) is 37.3 Å². The summed E-state index contributed by atoms with van der Waals surface area (Å²) < 4.78 is 0. The van der Waals surface area contributed by atoms with Gasteiger partial charge in [0.05, 0.1) is 0 Å². The molecule has 0 bridgehead atoms. The average Bonchev–Trinajstić information content (AvgIpc) is 2.37. The second-order valence-corrected chi connectivity index (χ2v) is 3.46. The largest absolute Gasteiger partial charge is 0.329 e. The van der Waals surface area contributed by atoms with Gasteiger partial charge >= 0.3 is 0 Å². The normalized spacial score (nSPS) is 9.19. The molecule has 0 atom stereocenters. The smallest absolute Gasteiger partial charge is 0.132 e. The Bertz CT molecular complexity index is 271. The third-order valence-corrected chi connectivity index (χ3v) is 2.10. The maximum atomic E-state index is 11.0. The van der Waals surface area contributed by atoms with Crippen LogP contribution in [0.4, 0.5) is 0 Å². The molecule has 1 rings (SSSR count). The minimum Gasteiger partial charge on any atom is -0.329 e. The van der Waals surface area contributed by atoms with E-state index >= 15 is 0 Å². The van der Waals surface area contributed by atoms with E-state index in [4.69, 9.17) is 11.5 Å². The average molecular weight is 222 g/mol. The van der Waals surface area contributed by atoms with Crippen LogP contribution in [0.1, 0.15) is 25.3 Å². The van der Waals surface area contributed by atoms with Crippen molar-refractivity contribution < 1.29 is 4.79 Å². The molecular formula is C13H22N2O. The highest BCUT2D eigenvalue weighted by Gasteiger charge is 1.98. The quantitative estimate of drug-likeness (QED) is 0.793. The van der Waals surface area contributed by atoms with Crippen LogP contribution in [0.3, 0.4) is 0 Å². The van der Waals surface area contributed by atoms with Crippen LogP contribution in [-0.4, -0.2) is 18.9 Å². The molecule has 90 valence electrons. The Balaban J connectivity index is 0.000000487. The molecular weight excluding hydrogens is 200 g/mol. The SMILES string of the molecule is CCC(=O)CCc1ccccc1.NCCN. The summed E-state index contributed by atoms with van der Waals surface area (Å²) in [6, 6.07) is 10.1. The molecule has 0 saturated carbocycles. The Kier molecular flexibility index (Phi) is 9.56. The summed E-state index contributed by atoms with van der Waals surface area (Å²) in [5, 5.41) is 0. The van der Waals surface area contributed by atoms with Crippen molar-refractivity contribution >= 4 is 5.78 Å². The van der Waals surface area contributed by atoms with Gasteiger partial charge < -0.3 is 11.5 Å². The minimum atomic E-state index is 0.346. The van der Waals surface area contributed by atoms with Gasteiger partial charge in [0.15, 0.2) is 0 Å². The number of Topliss-reactive ketones (excluding diaryl/α,β-unsaturated/α-hetero) is 1. The minimum absolute atomic E-state index is 0.346. The number of carbonyl (C=O) groups excluding carboxylic acids is 1. The fraction of sp³-hybridized carbons (Fsp3) is 0.462. The van der Waals surface area contributed by atoms with Crippen LogP contribution in [0.15, 0.2) is 30.3 Å². The molecule has 1 aromatic rings. The van der Waals surface area contributed by atoms with Gasteiger partial charge in [-0.05, 0) is 12.0 Å². The Labute approximate surface area is 97.8 Å². The highest BCUT2D eigenvalue weighted by atomic mass is 16.1. The Morgan fingerprint density at radius 3 is 2.12 bits per heavy atom. The summed E-state index contributed by atoms with van der Waals surface area (Å²) in [6.45, 7) is 3.10. The van der Waals surface area contributed by atoms with Gasteiger partial charge in [0, 0.05) is 25.9 Å². The van der Waals surface area contributed by atoms with Crippen molar-refractivity contribution in [3.8, 4) is 0 Å². The number of aryl methyl sites for hydroxylation is 1. The highest BCUT2D eigenvalue weighted by molar-refractivity contribution is 5.78. The Morgan fingerprint density at radius 1 is 1.12 bits per heavy atom. The number of nitrogens with two attached hydrogens (primary N) is 2. The van der Waals surface area contributed by atoms with Crippen LogP contribution < -0.4 is 11.5 Å². The summed E-state index contributed by atoms with van der Waals surface area (Å²) in [4.78, 5) is 11.0. The fourth-order valence-corrected chi connectivity index (χ4v) is 1.11. The maximum Gasteiger partial charge on any atom is 0.132 e. The summed E-state index contributed by atoms with van der Waals surface area (Å²) in [5.41, 5.74) is 11.1. The van der Waals surface area contributed by atoms with Gasteiger partial charge in [-0.3, -0.25) is 4.79 Å². The number of ketones is 1. The van der Waals surface area contributed by atoms with Gasteiger partial charge in [0.25, 0.3) is 0 Å². The van der Waals surface area contributed by atoms with Crippen LogP contribution in [0.5, 0.6) is 0 Å². The van der Waals surface area contributed by atoms with E-state index in [1.165, 1.54) is 5.56 Å². The number of hydrogen-bond donors (Lipinski definition) is 2. The van der Waals surface area contributed by atoms with Gasteiger partial charge in [0.1, 0.15) is 5.78 Å². The van der Waals surface area contributed by atoms with Crippen LogP contribution in [0.25, 0.3) is 0 Å². The standard InChI is InChI=1S/C11H14O.C2H8N2/c1-2-11(12)9-8-10-6-4-3-5-7-10;3-1-2-4/h3-7H,2,8-9H2,1H3;1-4H2. The summed E-state index contributed by atoms with van der Waals surface area (Å²) in [7, 11) is 0. The second-order valence-electron chi connectivity index (χ2n) is 3.46. The molecule has 0 aliphatic carbocycles. The van der Waals surface area contributed by atoms with Gasteiger partial charge in [-0.25, -0.2) is 0 Å². The van der Waals surface area contributed by atoms with E-state index in [0.717, 1.165) is 6.42 Å². The molecule has 4 N–H and O–H groups in total. The molecule has 16 heavy (non-hydrogen) atoms. The maximum absolute atomic E-state index is 11.0. The van der Waals surface area contributed by atoms with Crippen LogP contribution in [0.2, 0.25) is 0 Å². The van der Waals surface area contributed by atoms with Crippen LogP contribution >= 0.6 is 0 Å². The summed E-state index contributed by atoms with van der Waals surface area (Å²) in [6.07, 6.45) is 2.22. The first-order chi connectivity index (χ1) is 7.74. The highest BCUT2D eigenvalue weighted by Crippen LogP contribution is 2.03. The molecule has 1 aromatic carbocycles. The molecule has 0 spiro atoms. The van der Waals surface area contributed by atoms with E-state index in [-0.39, 0.29) is 0 Å². The first-order valence-electron chi connectivity index (χ1n) is 5.70. The van der Waals surface area contributed by atoms with E-state index in [9.17, 15) is 4.79 Å². The number of carbonyl (C=O) groups is 1. The molecule has 0 aliphatic rings. The molecule has 3 nitrogen and oxygen atoms in total. The summed E-state index contributed by atoms with van der Waals surface area (Å²) >= 11 is 0. The molecule has 0 unspecified atom stereocenters. The molecule has 0 saturated heterocycles. The van der Waals surface area contributed by atoms with Crippen LogP contribution in [-0.2, 0) is 11.2 Å². The van der Waals surface area contributed by atoms with Crippen molar-refractivity contribution in [1.82, 2.24) is 0 Å². The van der Waals surface area contributed by atoms with Gasteiger partial charge in [0.2, 0.25) is 0 Å². The van der Waals surface area contributed by atoms with Gasteiger partial charge in [-0.2, -0.15) is 0 Å². The predicted molar refractivity (Wildman–Crippen MR) is 68.2 cm³/mol. The van der Waals surface area contributed by atoms with Crippen molar-refractivity contribution in [1.29, 1.82) is 0 Å². The lowest BCUT2D eigenvalue weighted by Gasteiger charge is -1.98. The molecule has 0 aromatic heterocycles. The van der Waals surface area contributed by atoms with Crippen LogP contribution in [0, 0.1) is 0 Å². The molecule has 0 heterocycles. The zero-order valence-electron chi connectivity index (χ0n) is 9.99. The molecule has 0 amide bonds. The molecule has 0 fully saturated rings. The van der Waals surface area contributed by atoms with E-state index < -0.39 is 0 Å². The van der Waals surface area contributed by atoms with Crippen molar-refractivity contribution in [3.05, 3.63) is 35.9 Å². The van der Waals surface area contributed by atoms with Crippen molar-refractivity contribution in [2.24, 2.45) is 11.5 Å². The topological polar surface area (TPSA) is 69.1 Å². The predicted octanol–water partition coefficient (Wildman–Crippen LogP) is 1.50. The Morgan fingerprint density at radius 2 is 1.69 bits per heavy atom. The van der Waals surface area contributed by atoms with E-state index in [0.29, 0.717) is 31.7 Å².